The topological polar surface area (TPSA) is 95.9 Å². The van der Waals surface area contributed by atoms with Gasteiger partial charge in [0, 0.05) is 12.8 Å². The van der Waals surface area contributed by atoms with Gasteiger partial charge in [-0.3, -0.25) is 9.59 Å². The van der Waals surface area contributed by atoms with Crippen molar-refractivity contribution in [3.63, 3.8) is 0 Å². The summed E-state index contributed by atoms with van der Waals surface area (Å²) >= 11 is 0. The predicted molar refractivity (Wildman–Crippen MR) is 333 cm³/mol. The first-order valence-corrected chi connectivity index (χ1v) is 33.9. The molecule has 446 valence electrons. The van der Waals surface area contributed by atoms with Gasteiger partial charge in [-0.1, -0.05) is 313 Å². The van der Waals surface area contributed by atoms with Crippen LogP contribution in [-0.4, -0.2) is 47.4 Å². The summed E-state index contributed by atoms with van der Waals surface area (Å²) in [5, 5.41) is 23.2. The van der Waals surface area contributed by atoms with Crippen LogP contribution in [0.5, 0.6) is 0 Å². The molecule has 0 spiro atoms. The van der Waals surface area contributed by atoms with Crippen LogP contribution < -0.4 is 5.32 Å². The summed E-state index contributed by atoms with van der Waals surface area (Å²) in [7, 11) is 0. The second kappa shape index (κ2) is 65.3. The van der Waals surface area contributed by atoms with Gasteiger partial charge in [-0.2, -0.15) is 0 Å². The standard InChI is InChI=1S/C70H131NO5/c1-3-5-7-9-11-13-15-17-18-19-29-32-35-39-42-46-50-54-58-62-68(73)67(66-72)71-69(74)63-59-55-51-47-43-40-36-33-30-27-25-23-21-20-22-24-26-28-31-34-37-41-45-49-53-57-61-65-76-70(75)64-60-56-52-48-44-38-16-14-12-10-8-6-4-2/h8,10,14,16,20-21,58,62,67-68,72-73H,3-7,9,11-13,15,17-19,22-57,59-61,63-66H2,1-2H3,(H,71,74)/b10-8-,16-14-,21-20-,62-58+. The molecule has 0 aliphatic rings. The van der Waals surface area contributed by atoms with E-state index in [0.717, 1.165) is 51.4 Å². The maximum absolute atomic E-state index is 12.5. The first kappa shape index (κ1) is 73.8. The second-order valence-electron chi connectivity index (χ2n) is 23.1. The van der Waals surface area contributed by atoms with Gasteiger partial charge < -0.3 is 20.3 Å². The Morgan fingerprint density at radius 3 is 1.07 bits per heavy atom. The number of aliphatic hydroxyl groups excluding tert-OH is 2. The summed E-state index contributed by atoms with van der Waals surface area (Å²) in [6.45, 7) is 4.86. The van der Waals surface area contributed by atoms with Gasteiger partial charge in [0.25, 0.3) is 0 Å². The lowest BCUT2D eigenvalue weighted by Crippen LogP contribution is -2.45. The van der Waals surface area contributed by atoms with Gasteiger partial charge >= 0.3 is 5.97 Å². The number of ether oxygens (including phenoxy) is 1. The minimum atomic E-state index is -0.846. The first-order chi connectivity index (χ1) is 37.5. The van der Waals surface area contributed by atoms with Crippen molar-refractivity contribution in [1.29, 1.82) is 0 Å². The molecule has 0 saturated heterocycles. The van der Waals surface area contributed by atoms with Crippen molar-refractivity contribution in [2.24, 2.45) is 0 Å². The summed E-state index contributed by atoms with van der Waals surface area (Å²) in [6, 6.07) is -0.630. The van der Waals surface area contributed by atoms with E-state index in [2.05, 4.69) is 55.6 Å². The average Bonchev–Trinajstić information content (AvgIpc) is 3.42. The van der Waals surface area contributed by atoms with E-state index < -0.39 is 12.1 Å². The van der Waals surface area contributed by atoms with Crippen LogP contribution in [0.4, 0.5) is 0 Å². The van der Waals surface area contributed by atoms with E-state index in [1.54, 1.807) is 6.08 Å². The number of rotatable bonds is 63. The molecule has 0 radical (unpaired) electrons. The molecule has 2 atom stereocenters. The molecule has 0 rings (SSSR count). The molecule has 3 N–H and O–H groups in total. The molecule has 6 nitrogen and oxygen atoms in total. The molecular formula is C70H131NO5. The highest BCUT2D eigenvalue weighted by atomic mass is 16.5. The molecule has 0 aliphatic carbocycles. The molecular weight excluding hydrogens is 935 g/mol. The van der Waals surface area contributed by atoms with Crippen LogP contribution >= 0.6 is 0 Å². The van der Waals surface area contributed by atoms with Crippen LogP contribution in [0.3, 0.4) is 0 Å². The highest BCUT2D eigenvalue weighted by molar-refractivity contribution is 5.76. The molecule has 0 aromatic carbocycles. The maximum atomic E-state index is 12.5. The van der Waals surface area contributed by atoms with Gasteiger partial charge in [-0.15, -0.1) is 0 Å². The number of amides is 1. The van der Waals surface area contributed by atoms with Gasteiger partial charge in [0.15, 0.2) is 0 Å². The fourth-order valence-corrected chi connectivity index (χ4v) is 10.4. The smallest absolute Gasteiger partial charge is 0.305 e. The quantitative estimate of drug-likeness (QED) is 0.0320. The normalized spacial score (nSPS) is 12.8. The van der Waals surface area contributed by atoms with Crippen molar-refractivity contribution >= 4 is 11.9 Å². The predicted octanol–water partition coefficient (Wildman–Crippen LogP) is 21.7. The Hall–Kier alpha value is -2.18. The number of carbonyl (C=O) groups is 2. The monoisotopic (exact) mass is 1070 g/mol. The Balaban J connectivity index is 3.42. The number of hydrogen-bond donors (Lipinski definition) is 3. The summed E-state index contributed by atoms with van der Waals surface area (Å²) in [5.74, 6) is -0.0671. The summed E-state index contributed by atoms with van der Waals surface area (Å²) in [6.07, 6.45) is 84.6. The number of aliphatic hydroxyl groups is 2. The maximum Gasteiger partial charge on any atom is 0.305 e. The molecule has 0 saturated carbocycles. The van der Waals surface area contributed by atoms with Crippen molar-refractivity contribution in [3.05, 3.63) is 48.6 Å². The molecule has 76 heavy (non-hydrogen) atoms. The van der Waals surface area contributed by atoms with Crippen molar-refractivity contribution in [3.8, 4) is 0 Å². The van der Waals surface area contributed by atoms with Crippen molar-refractivity contribution in [2.45, 2.75) is 373 Å². The van der Waals surface area contributed by atoms with E-state index in [1.165, 1.54) is 283 Å². The van der Waals surface area contributed by atoms with E-state index in [1.807, 2.05) is 6.08 Å². The highest BCUT2D eigenvalue weighted by Crippen LogP contribution is 2.18. The molecule has 0 heterocycles. The number of allylic oxidation sites excluding steroid dienone is 7. The number of esters is 1. The van der Waals surface area contributed by atoms with E-state index in [0.29, 0.717) is 19.4 Å². The van der Waals surface area contributed by atoms with Gasteiger partial charge in [-0.25, -0.2) is 0 Å². The lowest BCUT2D eigenvalue weighted by atomic mass is 10.0. The van der Waals surface area contributed by atoms with Crippen molar-refractivity contribution < 1.29 is 24.5 Å². The zero-order chi connectivity index (χ0) is 55.0. The first-order valence-electron chi connectivity index (χ1n) is 33.9. The largest absolute Gasteiger partial charge is 0.466 e. The summed E-state index contributed by atoms with van der Waals surface area (Å²) in [5.41, 5.74) is 0. The number of unbranched alkanes of at least 4 members (excludes halogenated alkanes) is 46. The van der Waals surface area contributed by atoms with E-state index in [4.69, 9.17) is 4.74 Å². The Morgan fingerprint density at radius 2 is 0.684 bits per heavy atom. The zero-order valence-corrected chi connectivity index (χ0v) is 51.0. The minimum Gasteiger partial charge on any atom is -0.466 e. The highest BCUT2D eigenvalue weighted by Gasteiger charge is 2.18. The van der Waals surface area contributed by atoms with Gasteiger partial charge in [0.1, 0.15) is 0 Å². The van der Waals surface area contributed by atoms with E-state index >= 15 is 0 Å². The van der Waals surface area contributed by atoms with Crippen LogP contribution in [0.15, 0.2) is 48.6 Å². The van der Waals surface area contributed by atoms with Crippen LogP contribution in [0, 0.1) is 0 Å². The fraction of sp³-hybridized carbons (Fsp3) is 0.857. The zero-order valence-electron chi connectivity index (χ0n) is 51.0. The lowest BCUT2D eigenvalue weighted by molar-refractivity contribution is -0.143. The Kier molecular flexibility index (Phi) is 63.5. The minimum absolute atomic E-state index is 0.000726. The molecule has 0 fully saturated rings. The van der Waals surface area contributed by atoms with E-state index in [-0.39, 0.29) is 18.5 Å². The van der Waals surface area contributed by atoms with Gasteiger partial charge in [-0.05, 0) is 83.5 Å². The van der Waals surface area contributed by atoms with E-state index in [9.17, 15) is 19.8 Å². The average molecular weight is 1070 g/mol. The summed E-state index contributed by atoms with van der Waals surface area (Å²) < 4.78 is 5.47. The molecule has 1 amide bonds. The van der Waals surface area contributed by atoms with Crippen molar-refractivity contribution in [2.75, 3.05) is 13.2 Å². The third-order valence-corrected chi connectivity index (χ3v) is 15.5. The lowest BCUT2D eigenvalue weighted by Gasteiger charge is -2.20. The van der Waals surface area contributed by atoms with Gasteiger partial charge in [0.2, 0.25) is 5.91 Å². The second-order valence-corrected chi connectivity index (χ2v) is 23.1. The van der Waals surface area contributed by atoms with Crippen LogP contribution in [0.1, 0.15) is 361 Å². The number of carbonyl (C=O) groups excluding carboxylic acids is 2. The molecule has 0 aromatic rings. The third kappa shape index (κ3) is 61.0. The van der Waals surface area contributed by atoms with Crippen LogP contribution in [-0.2, 0) is 14.3 Å². The van der Waals surface area contributed by atoms with Gasteiger partial charge in [0.05, 0.1) is 25.4 Å². The Bertz CT molecular complexity index is 1270. The molecule has 0 aliphatic heterocycles. The molecule has 2 unspecified atom stereocenters. The Morgan fingerprint density at radius 1 is 0.368 bits per heavy atom. The Labute approximate surface area is 474 Å². The fourth-order valence-electron chi connectivity index (χ4n) is 10.4. The van der Waals surface area contributed by atoms with Crippen LogP contribution in [0.2, 0.25) is 0 Å². The number of hydrogen-bond acceptors (Lipinski definition) is 5. The van der Waals surface area contributed by atoms with Crippen molar-refractivity contribution in [1.82, 2.24) is 5.32 Å². The number of nitrogens with one attached hydrogen (secondary N) is 1. The molecule has 0 aromatic heterocycles. The summed E-state index contributed by atoms with van der Waals surface area (Å²) in [4.78, 5) is 24.5. The molecule has 0 bridgehead atoms. The van der Waals surface area contributed by atoms with Crippen LogP contribution in [0.25, 0.3) is 0 Å². The molecule has 6 heteroatoms. The third-order valence-electron chi connectivity index (χ3n) is 15.5. The SMILES string of the molecule is CCC/C=C\C/C=C\CCCCCCCC(=O)OCCCCCCCCCCCCCC/C=C\CCCCCCCCCCCCCC(=O)NC(CO)C(O)/C=C/CCCCCCCCCCCCCCCCCCC.